The third-order valence-corrected chi connectivity index (χ3v) is 2.63. The lowest BCUT2D eigenvalue weighted by Crippen LogP contribution is -2.33. The molecular weight excluding hydrogens is 200 g/mol. The highest BCUT2D eigenvalue weighted by Gasteiger charge is 2.08. The fourth-order valence-corrected chi connectivity index (χ4v) is 1.66. The minimum absolute atomic E-state index is 0.198. The van der Waals surface area contributed by atoms with Gasteiger partial charge in [0.2, 0.25) is 0 Å². The second kappa shape index (κ2) is 6.38. The third kappa shape index (κ3) is 4.11. The van der Waals surface area contributed by atoms with E-state index in [2.05, 4.69) is 25.7 Å². The maximum absolute atomic E-state index is 5.81. The zero-order valence-corrected chi connectivity index (χ0v) is 10.4. The molecule has 3 nitrogen and oxygen atoms in total. The van der Waals surface area contributed by atoms with E-state index >= 15 is 0 Å². The maximum atomic E-state index is 5.81. The lowest BCUT2D eigenvalue weighted by atomic mass is 10.3. The van der Waals surface area contributed by atoms with E-state index in [4.69, 9.17) is 10.5 Å². The van der Waals surface area contributed by atoms with Gasteiger partial charge in [-0.2, -0.15) is 0 Å². The van der Waals surface area contributed by atoms with Crippen LogP contribution < -0.4 is 10.5 Å². The molecule has 0 spiro atoms. The van der Waals surface area contributed by atoms with Crippen molar-refractivity contribution in [2.75, 3.05) is 25.4 Å². The molecule has 1 rings (SSSR count). The van der Waals surface area contributed by atoms with E-state index in [1.165, 1.54) is 0 Å². The van der Waals surface area contributed by atoms with Crippen molar-refractivity contribution >= 4 is 5.69 Å². The van der Waals surface area contributed by atoms with E-state index in [1.807, 2.05) is 24.3 Å². The van der Waals surface area contributed by atoms with Crippen molar-refractivity contribution in [3.05, 3.63) is 24.3 Å². The van der Waals surface area contributed by atoms with Crippen molar-refractivity contribution in [1.29, 1.82) is 0 Å². The number of anilines is 1. The number of rotatable bonds is 6. The van der Waals surface area contributed by atoms with E-state index in [-0.39, 0.29) is 6.10 Å². The molecule has 2 N–H and O–H groups in total. The predicted octanol–water partition coefficient (Wildman–Crippen LogP) is 2.38. The fraction of sp³-hybridized carbons (Fsp3) is 0.538. The van der Waals surface area contributed by atoms with E-state index < -0.39 is 0 Å². The first-order chi connectivity index (χ1) is 7.65. The van der Waals surface area contributed by atoms with E-state index in [0.29, 0.717) is 0 Å². The number of ether oxygens (including phenoxy) is 1. The standard InChI is InChI=1S/C13H22N2O/c1-4-15(5-2)10-11(3)16-13-8-6-12(14)7-9-13/h6-9,11H,4-5,10,14H2,1-3H3. The number of benzene rings is 1. The Balaban J connectivity index is 2.44. The molecule has 1 unspecified atom stereocenters. The van der Waals surface area contributed by atoms with Crippen molar-refractivity contribution in [3.8, 4) is 5.75 Å². The summed E-state index contributed by atoms with van der Waals surface area (Å²) in [7, 11) is 0. The summed E-state index contributed by atoms with van der Waals surface area (Å²) in [6, 6.07) is 7.54. The summed E-state index contributed by atoms with van der Waals surface area (Å²) >= 11 is 0. The molecule has 1 aromatic rings. The van der Waals surface area contributed by atoms with E-state index in [0.717, 1.165) is 31.1 Å². The summed E-state index contributed by atoms with van der Waals surface area (Å²) in [4.78, 5) is 2.35. The molecule has 0 saturated heterocycles. The van der Waals surface area contributed by atoms with Crippen molar-refractivity contribution < 1.29 is 4.74 Å². The molecule has 1 aromatic carbocycles. The van der Waals surface area contributed by atoms with Gasteiger partial charge in [0, 0.05) is 12.2 Å². The lowest BCUT2D eigenvalue weighted by molar-refractivity contribution is 0.153. The summed E-state index contributed by atoms with van der Waals surface area (Å²) in [5.74, 6) is 0.883. The molecule has 0 aromatic heterocycles. The van der Waals surface area contributed by atoms with Crippen LogP contribution in [0.1, 0.15) is 20.8 Å². The van der Waals surface area contributed by atoms with Gasteiger partial charge in [0.15, 0.2) is 0 Å². The highest BCUT2D eigenvalue weighted by molar-refractivity contribution is 5.41. The Bertz CT molecular complexity index is 293. The second-order valence-electron chi connectivity index (χ2n) is 3.98. The zero-order chi connectivity index (χ0) is 12.0. The molecule has 16 heavy (non-hydrogen) atoms. The largest absolute Gasteiger partial charge is 0.489 e. The molecule has 0 amide bonds. The fourth-order valence-electron chi connectivity index (χ4n) is 1.66. The van der Waals surface area contributed by atoms with Crippen LogP contribution in [0, 0.1) is 0 Å². The molecule has 0 radical (unpaired) electrons. The Hall–Kier alpha value is -1.22. The Morgan fingerprint density at radius 2 is 1.75 bits per heavy atom. The molecule has 0 aliphatic rings. The van der Waals surface area contributed by atoms with Gasteiger partial charge in [0.25, 0.3) is 0 Å². The number of nitrogen functional groups attached to an aromatic ring is 1. The molecule has 0 aliphatic heterocycles. The topological polar surface area (TPSA) is 38.5 Å². The van der Waals surface area contributed by atoms with Gasteiger partial charge in [0.1, 0.15) is 11.9 Å². The molecule has 0 heterocycles. The van der Waals surface area contributed by atoms with Crippen LogP contribution in [0.25, 0.3) is 0 Å². The zero-order valence-electron chi connectivity index (χ0n) is 10.4. The van der Waals surface area contributed by atoms with Crippen LogP contribution in [0.4, 0.5) is 5.69 Å². The third-order valence-electron chi connectivity index (χ3n) is 2.63. The van der Waals surface area contributed by atoms with Gasteiger partial charge in [0.05, 0.1) is 0 Å². The molecule has 0 bridgehead atoms. The van der Waals surface area contributed by atoms with Crippen LogP contribution in [-0.4, -0.2) is 30.6 Å². The summed E-state index contributed by atoms with van der Waals surface area (Å²) in [6.45, 7) is 9.50. The van der Waals surface area contributed by atoms with E-state index in [9.17, 15) is 0 Å². The number of nitrogens with two attached hydrogens (primary N) is 1. The smallest absolute Gasteiger partial charge is 0.119 e. The van der Waals surface area contributed by atoms with Crippen LogP contribution in [-0.2, 0) is 0 Å². The molecule has 3 heteroatoms. The van der Waals surface area contributed by atoms with Crippen LogP contribution in [0.3, 0.4) is 0 Å². The van der Waals surface area contributed by atoms with Gasteiger partial charge in [-0.3, -0.25) is 0 Å². The first-order valence-electron chi connectivity index (χ1n) is 5.90. The Morgan fingerprint density at radius 1 is 1.19 bits per heavy atom. The van der Waals surface area contributed by atoms with E-state index in [1.54, 1.807) is 0 Å². The van der Waals surface area contributed by atoms with Crippen LogP contribution in [0.15, 0.2) is 24.3 Å². The minimum atomic E-state index is 0.198. The lowest BCUT2D eigenvalue weighted by Gasteiger charge is -2.23. The van der Waals surface area contributed by atoms with Gasteiger partial charge in [-0.15, -0.1) is 0 Å². The minimum Gasteiger partial charge on any atom is -0.489 e. The highest BCUT2D eigenvalue weighted by atomic mass is 16.5. The summed E-state index contributed by atoms with van der Waals surface area (Å²) in [6.07, 6.45) is 0.198. The Morgan fingerprint density at radius 3 is 2.25 bits per heavy atom. The highest BCUT2D eigenvalue weighted by Crippen LogP contribution is 2.14. The molecule has 0 fully saturated rings. The van der Waals surface area contributed by atoms with Crippen LogP contribution in [0.2, 0.25) is 0 Å². The first-order valence-corrected chi connectivity index (χ1v) is 5.90. The van der Waals surface area contributed by atoms with Crippen molar-refractivity contribution in [1.82, 2.24) is 4.90 Å². The second-order valence-corrected chi connectivity index (χ2v) is 3.98. The Kier molecular flexibility index (Phi) is 5.12. The van der Waals surface area contributed by atoms with Crippen molar-refractivity contribution in [3.63, 3.8) is 0 Å². The quantitative estimate of drug-likeness (QED) is 0.751. The summed E-state index contributed by atoms with van der Waals surface area (Å²) in [5.41, 5.74) is 6.38. The number of nitrogens with zero attached hydrogens (tertiary/aromatic N) is 1. The first kappa shape index (κ1) is 12.8. The maximum Gasteiger partial charge on any atom is 0.119 e. The predicted molar refractivity (Wildman–Crippen MR) is 68.7 cm³/mol. The van der Waals surface area contributed by atoms with Crippen LogP contribution in [0.5, 0.6) is 5.75 Å². The summed E-state index contributed by atoms with van der Waals surface area (Å²) in [5, 5.41) is 0. The summed E-state index contributed by atoms with van der Waals surface area (Å²) < 4.78 is 5.81. The van der Waals surface area contributed by atoms with Crippen molar-refractivity contribution in [2.24, 2.45) is 0 Å². The number of hydrogen-bond donors (Lipinski definition) is 1. The molecule has 90 valence electrons. The van der Waals surface area contributed by atoms with Crippen molar-refractivity contribution in [2.45, 2.75) is 26.9 Å². The van der Waals surface area contributed by atoms with Crippen LogP contribution >= 0.6 is 0 Å². The monoisotopic (exact) mass is 222 g/mol. The van der Waals surface area contributed by atoms with Gasteiger partial charge in [-0.1, -0.05) is 13.8 Å². The molecule has 1 atom stereocenters. The van der Waals surface area contributed by atoms with Gasteiger partial charge >= 0.3 is 0 Å². The normalized spacial score (nSPS) is 12.8. The molecule has 0 aliphatic carbocycles. The molecule has 0 saturated carbocycles. The van der Waals surface area contributed by atoms with Gasteiger partial charge in [-0.25, -0.2) is 0 Å². The number of hydrogen-bond acceptors (Lipinski definition) is 3. The van der Waals surface area contributed by atoms with Gasteiger partial charge in [-0.05, 0) is 44.3 Å². The average Bonchev–Trinajstić information content (AvgIpc) is 2.29. The molecular formula is C13H22N2O. The number of likely N-dealkylation sites (N-methyl/N-ethyl adjacent to an activating group) is 1. The van der Waals surface area contributed by atoms with Gasteiger partial charge < -0.3 is 15.4 Å². The Labute approximate surface area is 98.2 Å². The SMILES string of the molecule is CCN(CC)CC(C)Oc1ccc(N)cc1. The average molecular weight is 222 g/mol.